The minimum Gasteiger partial charge on any atom is -0.324 e. The van der Waals surface area contributed by atoms with Gasteiger partial charge in [0.25, 0.3) is 0 Å². The Morgan fingerprint density at radius 3 is 2.66 bits per heavy atom. The van der Waals surface area contributed by atoms with Gasteiger partial charge in [-0.1, -0.05) is 18.2 Å². The number of aliphatic imine (C=N–C) groups is 1. The first-order valence-corrected chi connectivity index (χ1v) is 9.69. The number of carbonyl (C=O) groups excluding carboxylic acids is 1. The van der Waals surface area contributed by atoms with Gasteiger partial charge in [-0.05, 0) is 37.5 Å². The van der Waals surface area contributed by atoms with Crippen molar-refractivity contribution in [3.05, 3.63) is 60.7 Å². The number of hydrogen-bond donors (Lipinski definition) is 1. The molecule has 0 saturated carbocycles. The van der Waals surface area contributed by atoms with Crippen LogP contribution < -0.4 is 5.32 Å². The summed E-state index contributed by atoms with van der Waals surface area (Å²) in [4.78, 5) is 27.7. The van der Waals surface area contributed by atoms with Gasteiger partial charge in [0.2, 0.25) is 5.95 Å². The van der Waals surface area contributed by atoms with Crippen LogP contribution in [-0.4, -0.2) is 49.5 Å². The zero-order chi connectivity index (χ0) is 19.8. The smallest absolute Gasteiger partial charge is 0.321 e. The van der Waals surface area contributed by atoms with Crippen LogP contribution in [0.15, 0.2) is 60.1 Å². The van der Waals surface area contributed by atoms with Crippen LogP contribution in [0.4, 0.5) is 16.2 Å². The van der Waals surface area contributed by atoms with Gasteiger partial charge in [-0.3, -0.25) is 4.99 Å². The van der Waals surface area contributed by atoms with E-state index in [-0.39, 0.29) is 11.4 Å². The maximum absolute atomic E-state index is 12.8. The molecule has 2 aliphatic rings. The maximum Gasteiger partial charge on any atom is 0.321 e. The van der Waals surface area contributed by atoms with Gasteiger partial charge in [-0.15, -0.1) is 0 Å². The molecule has 1 aromatic carbocycles. The number of benzene rings is 1. The highest BCUT2D eigenvalue weighted by atomic mass is 16.2. The summed E-state index contributed by atoms with van der Waals surface area (Å²) in [6.45, 7) is 3.47. The molecule has 1 saturated heterocycles. The molecule has 0 atom stereocenters. The number of likely N-dealkylation sites (tertiary alicyclic amines) is 1. The summed E-state index contributed by atoms with van der Waals surface area (Å²) in [5.41, 5.74) is 4.10. The monoisotopic (exact) mass is 387 g/mol. The van der Waals surface area contributed by atoms with Crippen LogP contribution in [0.5, 0.6) is 0 Å². The Morgan fingerprint density at radius 1 is 1.10 bits per heavy atom. The number of carbonyl (C=O) groups is 1. The van der Waals surface area contributed by atoms with Crippen molar-refractivity contribution >= 4 is 23.1 Å². The van der Waals surface area contributed by atoms with Crippen LogP contribution in [0, 0.1) is 0 Å². The average Bonchev–Trinajstić information content (AvgIpc) is 3.33. The molecule has 1 N–H and O–H groups in total. The van der Waals surface area contributed by atoms with Gasteiger partial charge in [0.15, 0.2) is 0 Å². The Labute approximate surface area is 168 Å². The number of fused-ring (bicyclic) bond motifs is 2. The molecule has 1 fully saturated rings. The Kier molecular flexibility index (Phi) is 4.12. The lowest BCUT2D eigenvalue weighted by Crippen LogP contribution is -2.48. The molecule has 0 radical (unpaired) electrons. The number of amides is 2. The van der Waals surface area contributed by atoms with Crippen molar-refractivity contribution in [1.82, 2.24) is 24.6 Å². The lowest BCUT2D eigenvalue weighted by atomic mass is 9.71. The van der Waals surface area contributed by atoms with Crippen molar-refractivity contribution in [2.75, 3.05) is 18.4 Å². The number of para-hydroxylation sites is 1. The molecular formula is C21H21N7O. The van der Waals surface area contributed by atoms with E-state index in [9.17, 15) is 4.79 Å². The summed E-state index contributed by atoms with van der Waals surface area (Å²) in [5.74, 6) is 0.461. The number of urea groups is 1. The van der Waals surface area contributed by atoms with Crippen LogP contribution in [0.3, 0.4) is 0 Å². The zero-order valence-corrected chi connectivity index (χ0v) is 16.1. The number of nitrogens with zero attached hydrogens (tertiary/aromatic N) is 6. The highest BCUT2D eigenvalue weighted by molar-refractivity contribution is 6.00. The third kappa shape index (κ3) is 2.97. The molecule has 0 bridgehead atoms. The van der Waals surface area contributed by atoms with E-state index in [0.717, 1.165) is 24.2 Å². The first-order valence-electron chi connectivity index (χ1n) is 9.69. The highest BCUT2D eigenvalue weighted by Crippen LogP contribution is 2.46. The minimum absolute atomic E-state index is 0.0388. The molecule has 146 valence electrons. The summed E-state index contributed by atoms with van der Waals surface area (Å²) >= 11 is 0. The molecule has 5 rings (SSSR count). The van der Waals surface area contributed by atoms with E-state index in [1.807, 2.05) is 11.0 Å². The second kappa shape index (κ2) is 6.80. The molecule has 4 heterocycles. The Bertz CT molecular complexity index is 1080. The van der Waals surface area contributed by atoms with Gasteiger partial charge in [0.1, 0.15) is 0 Å². The topological polar surface area (TPSA) is 88.3 Å². The summed E-state index contributed by atoms with van der Waals surface area (Å²) < 4.78 is 1.54. The zero-order valence-electron chi connectivity index (χ0n) is 16.1. The van der Waals surface area contributed by atoms with Gasteiger partial charge in [0, 0.05) is 36.6 Å². The first-order chi connectivity index (χ1) is 14.2. The predicted molar refractivity (Wildman–Crippen MR) is 110 cm³/mol. The van der Waals surface area contributed by atoms with Crippen LogP contribution in [0.2, 0.25) is 0 Å². The standard InChI is InChI=1S/C21H21N7O/c1-15-21(17-5-2-3-6-18(17)25-15)7-11-27(12-8-21)20(29)26-16-13-24-28(14-16)19-22-9-4-10-23-19/h2-6,9-10,13-14H,7-8,11-12H2,1H3,(H,26,29). The van der Waals surface area contributed by atoms with Crippen LogP contribution >= 0.6 is 0 Å². The number of nitrogens with one attached hydrogen (secondary N) is 1. The van der Waals surface area contributed by atoms with E-state index in [2.05, 4.69) is 45.5 Å². The molecule has 8 nitrogen and oxygen atoms in total. The number of anilines is 1. The van der Waals surface area contributed by atoms with Crippen molar-refractivity contribution < 1.29 is 4.79 Å². The third-order valence-corrected chi connectivity index (χ3v) is 5.90. The van der Waals surface area contributed by atoms with Gasteiger partial charge in [0.05, 0.1) is 23.8 Å². The highest BCUT2D eigenvalue weighted by Gasteiger charge is 2.44. The van der Waals surface area contributed by atoms with Crippen molar-refractivity contribution in [2.45, 2.75) is 25.2 Å². The average molecular weight is 387 g/mol. The first kappa shape index (κ1) is 17.5. The van der Waals surface area contributed by atoms with E-state index in [1.54, 1.807) is 30.9 Å². The normalized spacial score (nSPS) is 17.1. The summed E-state index contributed by atoms with van der Waals surface area (Å²) in [5, 5.41) is 7.15. The van der Waals surface area contributed by atoms with Gasteiger partial charge in [-0.2, -0.15) is 5.10 Å². The van der Waals surface area contributed by atoms with Gasteiger partial charge >= 0.3 is 6.03 Å². The largest absolute Gasteiger partial charge is 0.324 e. The molecule has 1 spiro atoms. The van der Waals surface area contributed by atoms with Crippen molar-refractivity contribution in [1.29, 1.82) is 0 Å². The lowest BCUT2D eigenvalue weighted by Gasteiger charge is -2.40. The molecular weight excluding hydrogens is 366 g/mol. The van der Waals surface area contributed by atoms with Crippen molar-refractivity contribution in [2.24, 2.45) is 4.99 Å². The van der Waals surface area contributed by atoms with Crippen LogP contribution in [0.1, 0.15) is 25.3 Å². The lowest BCUT2D eigenvalue weighted by molar-refractivity contribution is 0.186. The second-order valence-corrected chi connectivity index (χ2v) is 7.44. The molecule has 2 aromatic heterocycles. The fourth-order valence-electron chi connectivity index (χ4n) is 4.29. The summed E-state index contributed by atoms with van der Waals surface area (Å²) in [6.07, 6.45) is 8.37. The van der Waals surface area contributed by atoms with E-state index in [4.69, 9.17) is 4.99 Å². The van der Waals surface area contributed by atoms with Gasteiger partial charge < -0.3 is 10.2 Å². The number of hydrogen-bond acceptors (Lipinski definition) is 5. The second-order valence-electron chi connectivity index (χ2n) is 7.44. The molecule has 2 amide bonds. The van der Waals surface area contributed by atoms with Crippen LogP contribution in [-0.2, 0) is 5.41 Å². The SMILES string of the molecule is CC1=Nc2ccccc2C12CCN(C(=O)Nc1cnn(-c3ncccn3)c1)CC2. The van der Waals surface area contributed by atoms with E-state index in [0.29, 0.717) is 24.7 Å². The summed E-state index contributed by atoms with van der Waals surface area (Å²) in [7, 11) is 0. The van der Waals surface area contributed by atoms with Gasteiger partial charge in [-0.25, -0.2) is 19.4 Å². The van der Waals surface area contributed by atoms with Crippen molar-refractivity contribution in [3.8, 4) is 5.95 Å². The summed E-state index contributed by atoms with van der Waals surface area (Å²) in [6, 6.07) is 9.97. The Hall–Kier alpha value is -3.55. The fraction of sp³-hybridized carbons (Fsp3) is 0.286. The number of piperidine rings is 1. The molecule has 29 heavy (non-hydrogen) atoms. The fourth-order valence-corrected chi connectivity index (χ4v) is 4.29. The van der Waals surface area contributed by atoms with Crippen LogP contribution in [0.25, 0.3) is 5.95 Å². The van der Waals surface area contributed by atoms with E-state index < -0.39 is 0 Å². The molecule has 0 aliphatic carbocycles. The Morgan fingerprint density at radius 2 is 1.86 bits per heavy atom. The third-order valence-electron chi connectivity index (χ3n) is 5.90. The van der Waals surface area contributed by atoms with E-state index in [1.165, 1.54) is 10.2 Å². The number of aromatic nitrogens is 4. The van der Waals surface area contributed by atoms with Crippen molar-refractivity contribution in [3.63, 3.8) is 0 Å². The Balaban J connectivity index is 1.26. The minimum atomic E-state index is -0.116. The quantitative estimate of drug-likeness (QED) is 0.730. The predicted octanol–water partition coefficient (Wildman–Crippen LogP) is 3.33. The van der Waals surface area contributed by atoms with E-state index >= 15 is 0 Å². The molecule has 3 aromatic rings. The molecule has 0 unspecified atom stereocenters. The number of rotatable bonds is 2. The molecule has 8 heteroatoms. The molecule has 2 aliphatic heterocycles. The maximum atomic E-state index is 12.8.